The van der Waals surface area contributed by atoms with Gasteiger partial charge in [-0.2, -0.15) is 18.4 Å². The lowest BCUT2D eigenvalue weighted by Gasteiger charge is -2.13. The molecule has 0 radical (unpaired) electrons. The molecule has 0 fully saturated rings. The largest absolute Gasteiger partial charge is 0.433 e. The molecule has 2 N–H and O–H groups in total. The summed E-state index contributed by atoms with van der Waals surface area (Å²) in [4.78, 5) is 19.7. The third-order valence-electron chi connectivity index (χ3n) is 3.46. The van der Waals surface area contributed by atoms with Crippen molar-refractivity contribution in [3.63, 3.8) is 0 Å². The quantitative estimate of drug-likeness (QED) is 0.665. The molecule has 0 bridgehead atoms. The first-order chi connectivity index (χ1) is 13.7. The third-order valence-corrected chi connectivity index (χ3v) is 3.46. The molecule has 0 saturated heterocycles. The summed E-state index contributed by atoms with van der Waals surface area (Å²) in [5, 5.41) is 15.0. The lowest BCUT2D eigenvalue weighted by Crippen LogP contribution is -2.13. The van der Waals surface area contributed by atoms with Crippen molar-refractivity contribution in [2.75, 3.05) is 10.6 Å². The van der Waals surface area contributed by atoms with Gasteiger partial charge >= 0.3 is 6.18 Å². The van der Waals surface area contributed by atoms with Crippen molar-refractivity contribution < 1.29 is 13.2 Å². The Bertz CT molecular complexity index is 1060. The molecule has 148 valence electrons. The smallest absolute Gasteiger partial charge is 0.368 e. The fourth-order valence-electron chi connectivity index (χ4n) is 2.32. The van der Waals surface area contributed by atoms with Crippen LogP contribution in [-0.2, 0) is 6.18 Å². The second kappa shape index (κ2) is 8.05. The van der Waals surface area contributed by atoms with Crippen LogP contribution in [0.3, 0.4) is 0 Å². The number of aromatic nitrogens is 5. The zero-order valence-corrected chi connectivity index (χ0v) is 15.4. The van der Waals surface area contributed by atoms with Crippen molar-refractivity contribution in [1.29, 1.82) is 5.26 Å². The molecule has 3 rings (SSSR count). The molecule has 0 amide bonds. The van der Waals surface area contributed by atoms with E-state index in [4.69, 9.17) is 5.26 Å². The highest BCUT2D eigenvalue weighted by Crippen LogP contribution is 2.28. The van der Waals surface area contributed by atoms with Gasteiger partial charge in [0.1, 0.15) is 29.1 Å². The van der Waals surface area contributed by atoms with Gasteiger partial charge in [0.15, 0.2) is 5.82 Å². The topological polar surface area (TPSA) is 112 Å². The second-order valence-electron chi connectivity index (χ2n) is 6.19. The van der Waals surface area contributed by atoms with E-state index < -0.39 is 11.9 Å². The number of hydrogen-bond donors (Lipinski definition) is 2. The van der Waals surface area contributed by atoms with Crippen LogP contribution in [0.15, 0.2) is 36.7 Å². The number of anilines is 3. The summed E-state index contributed by atoms with van der Waals surface area (Å²) in [5.41, 5.74) is -0.358. The first-order valence-corrected chi connectivity index (χ1v) is 8.44. The minimum atomic E-state index is -4.61. The molecule has 8 nitrogen and oxygen atoms in total. The molecule has 0 aliphatic carbocycles. The number of alkyl halides is 3. The molecular formula is C18H15F3N8. The Labute approximate surface area is 163 Å². The Kier molecular flexibility index (Phi) is 5.54. The lowest BCUT2D eigenvalue weighted by molar-refractivity contribution is -0.141. The van der Waals surface area contributed by atoms with Crippen molar-refractivity contribution in [2.24, 2.45) is 0 Å². The SMILES string of the molecule is CC(C)Nc1cc(Nc2ccnc(C#N)c2)nc(-c2nccc(C(F)(F)F)n2)n1. The van der Waals surface area contributed by atoms with E-state index in [1.807, 2.05) is 19.9 Å². The summed E-state index contributed by atoms with van der Waals surface area (Å²) in [7, 11) is 0. The molecular weight excluding hydrogens is 385 g/mol. The fourth-order valence-corrected chi connectivity index (χ4v) is 2.32. The van der Waals surface area contributed by atoms with Gasteiger partial charge in [-0.15, -0.1) is 0 Å². The number of nitrogens with zero attached hydrogens (tertiary/aromatic N) is 6. The zero-order chi connectivity index (χ0) is 21.0. The highest BCUT2D eigenvalue weighted by molar-refractivity contribution is 5.63. The van der Waals surface area contributed by atoms with Crippen LogP contribution in [0.4, 0.5) is 30.5 Å². The van der Waals surface area contributed by atoms with Crippen molar-refractivity contribution in [1.82, 2.24) is 24.9 Å². The number of nitriles is 1. The maximum atomic E-state index is 13.0. The number of pyridine rings is 1. The minimum absolute atomic E-state index is 0.0131. The van der Waals surface area contributed by atoms with Gasteiger partial charge in [-0.1, -0.05) is 0 Å². The lowest BCUT2D eigenvalue weighted by atomic mass is 10.3. The number of hydrogen-bond acceptors (Lipinski definition) is 8. The minimum Gasteiger partial charge on any atom is -0.368 e. The average molecular weight is 400 g/mol. The Hall–Kier alpha value is -3.81. The van der Waals surface area contributed by atoms with Crippen molar-refractivity contribution in [3.05, 3.63) is 48.0 Å². The molecule has 11 heteroatoms. The van der Waals surface area contributed by atoms with Crippen molar-refractivity contribution >= 4 is 17.3 Å². The van der Waals surface area contributed by atoms with E-state index in [0.717, 1.165) is 12.3 Å². The van der Waals surface area contributed by atoms with Crippen molar-refractivity contribution in [2.45, 2.75) is 26.1 Å². The molecule has 3 aromatic rings. The molecule has 29 heavy (non-hydrogen) atoms. The number of halogens is 3. The van der Waals surface area contributed by atoms with E-state index >= 15 is 0 Å². The van der Waals surface area contributed by atoms with Crippen molar-refractivity contribution in [3.8, 4) is 17.7 Å². The van der Waals surface area contributed by atoms with Gasteiger partial charge in [0.05, 0.1) is 0 Å². The maximum absolute atomic E-state index is 13.0. The van der Waals surface area contributed by atoms with E-state index in [1.54, 1.807) is 12.1 Å². The van der Waals surface area contributed by atoms with Gasteiger partial charge in [-0.25, -0.2) is 24.9 Å². The number of nitrogens with one attached hydrogen (secondary N) is 2. The van der Waals surface area contributed by atoms with Crippen LogP contribution in [0.2, 0.25) is 0 Å². The second-order valence-corrected chi connectivity index (χ2v) is 6.19. The first-order valence-electron chi connectivity index (χ1n) is 8.44. The van der Waals surface area contributed by atoms with Gasteiger partial charge in [-0.3, -0.25) is 0 Å². The summed E-state index contributed by atoms with van der Waals surface area (Å²) < 4.78 is 39.0. The van der Waals surface area contributed by atoms with Crippen LogP contribution < -0.4 is 10.6 Å². The molecule has 0 aliphatic heterocycles. The monoisotopic (exact) mass is 400 g/mol. The molecule has 0 atom stereocenters. The van der Waals surface area contributed by atoms with E-state index in [1.165, 1.54) is 12.3 Å². The fraction of sp³-hybridized carbons (Fsp3) is 0.222. The van der Waals surface area contributed by atoms with Crippen LogP contribution in [0.1, 0.15) is 25.2 Å². The highest BCUT2D eigenvalue weighted by Gasteiger charge is 2.33. The summed E-state index contributed by atoms with van der Waals surface area (Å²) >= 11 is 0. The van der Waals surface area contributed by atoms with E-state index in [0.29, 0.717) is 11.5 Å². The first kappa shape index (κ1) is 19.9. The van der Waals surface area contributed by atoms with Gasteiger partial charge < -0.3 is 10.6 Å². The predicted octanol–water partition coefficient (Wildman–Crippen LogP) is 3.78. The number of rotatable bonds is 5. The Morgan fingerprint density at radius 2 is 1.69 bits per heavy atom. The van der Waals surface area contributed by atoms with Crippen LogP contribution >= 0.6 is 0 Å². The Balaban J connectivity index is 2.03. The third kappa shape index (κ3) is 5.13. The molecule has 0 aromatic carbocycles. The summed E-state index contributed by atoms with van der Waals surface area (Å²) in [6.45, 7) is 3.77. The van der Waals surface area contributed by atoms with Gasteiger partial charge in [0.2, 0.25) is 5.82 Å². The average Bonchev–Trinajstić information content (AvgIpc) is 2.67. The summed E-state index contributed by atoms with van der Waals surface area (Å²) in [6, 6.07) is 7.44. The van der Waals surface area contributed by atoms with Crippen LogP contribution in [0.25, 0.3) is 11.6 Å². The van der Waals surface area contributed by atoms with Gasteiger partial charge in [0.25, 0.3) is 0 Å². The molecule has 0 saturated carbocycles. The van der Waals surface area contributed by atoms with Crippen LogP contribution in [0.5, 0.6) is 0 Å². The molecule has 0 aliphatic rings. The zero-order valence-electron chi connectivity index (χ0n) is 15.4. The van der Waals surface area contributed by atoms with Crippen LogP contribution in [0, 0.1) is 11.3 Å². The molecule has 3 aromatic heterocycles. The van der Waals surface area contributed by atoms with Crippen LogP contribution in [-0.4, -0.2) is 31.0 Å². The maximum Gasteiger partial charge on any atom is 0.433 e. The molecule has 0 spiro atoms. The van der Waals surface area contributed by atoms with E-state index in [2.05, 4.69) is 35.6 Å². The summed E-state index contributed by atoms with van der Waals surface area (Å²) in [5.74, 6) is 0.318. The standard InChI is InChI=1S/C18H15F3N8/c1-10(2)25-14-8-15(26-11-3-5-23-12(7-11)9-22)29-17(28-14)16-24-6-4-13(27-16)18(19,20)21/h3-8,10H,1-2H3,(H2,23,25,26,28,29). The van der Waals surface area contributed by atoms with E-state index in [9.17, 15) is 13.2 Å². The highest BCUT2D eigenvalue weighted by atomic mass is 19.4. The van der Waals surface area contributed by atoms with E-state index in [-0.39, 0.29) is 29.2 Å². The normalized spacial score (nSPS) is 11.2. The van der Waals surface area contributed by atoms with Gasteiger partial charge in [0, 0.05) is 30.2 Å². The molecule has 0 unspecified atom stereocenters. The Morgan fingerprint density at radius 1 is 0.966 bits per heavy atom. The summed E-state index contributed by atoms with van der Waals surface area (Å²) in [6.07, 6.45) is -2.16. The Morgan fingerprint density at radius 3 is 2.38 bits per heavy atom. The molecule has 3 heterocycles. The predicted molar refractivity (Wildman–Crippen MR) is 99.1 cm³/mol. The van der Waals surface area contributed by atoms with Gasteiger partial charge in [-0.05, 0) is 32.0 Å².